The monoisotopic (exact) mass is 347 g/mol. The quantitative estimate of drug-likeness (QED) is 0.764. The largest absolute Gasteiger partial charge is 0.345 e. The normalized spacial score (nSPS) is 21.9. The van der Waals surface area contributed by atoms with E-state index in [4.69, 9.17) is 0 Å². The van der Waals surface area contributed by atoms with Crippen LogP contribution in [0.25, 0.3) is 16.8 Å². The van der Waals surface area contributed by atoms with Gasteiger partial charge in [-0.25, -0.2) is 13.4 Å². The summed E-state index contributed by atoms with van der Waals surface area (Å²) in [4.78, 5) is 7.44. The third kappa shape index (κ3) is 2.68. The molecule has 4 rings (SSSR count). The molecule has 3 aromatic rings. The van der Waals surface area contributed by atoms with Gasteiger partial charge < -0.3 is 4.98 Å². The maximum Gasteiger partial charge on any atom is 0.179 e. The maximum absolute atomic E-state index is 12.1. The van der Waals surface area contributed by atoms with Gasteiger partial charge in [-0.1, -0.05) is 6.92 Å². The van der Waals surface area contributed by atoms with Crippen LogP contribution in [0, 0.1) is 5.92 Å². The van der Waals surface area contributed by atoms with E-state index in [0.717, 1.165) is 41.9 Å². The minimum atomic E-state index is -2.93. The molecule has 128 valence electrons. The summed E-state index contributed by atoms with van der Waals surface area (Å²) in [6.07, 6.45) is 7.01. The van der Waals surface area contributed by atoms with E-state index in [1.165, 1.54) is 0 Å². The zero-order valence-electron chi connectivity index (χ0n) is 13.6. The second-order valence-corrected chi connectivity index (χ2v) is 8.94. The molecule has 1 aliphatic carbocycles. The molecule has 0 saturated heterocycles. The number of sulfone groups is 1. The molecule has 0 aliphatic heterocycles. The van der Waals surface area contributed by atoms with Crippen molar-refractivity contribution in [3.63, 3.8) is 0 Å². The molecule has 3 heterocycles. The highest BCUT2D eigenvalue weighted by Crippen LogP contribution is 2.38. The highest BCUT2D eigenvalue weighted by molar-refractivity contribution is 7.91. The van der Waals surface area contributed by atoms with Crippen molar-refractivity contribution in [2.75, 3.05) is 11.5 Å². The first-order valence-electron chi connectivity index (χ1n) is 8.45. The van der Waals surface area contributed by atoms with E-state index in [0.29, 0.717) is 12.2 Å². The number of hydrogen-bond acceptors (Lipinski definition) is 5. The van der Waals surface area contributed by atoms with Gasteiger partial charge in [0.1, 0.15) is 5.82 Å². The van der Waals surface area contributed by atoms with E-state index in [1.807, 2.05) is 23.6 Å². The smallest absolute Gasteiger partial charge is 0.179 e. The van der Waals surface area contributed by atoms with Gasteiger partial charge in [-0.3, -0.25) is 4.40 Å². The molecule has 24 heavy (non-hydrogen) atoms. The molecule has 1 saturated carbocycles. The molecule has 0 spiro atoms. The molecule has 1 aliphatic rings. The Balaban J connectivity index is 1.61. The first-order chi connectivity index (χ1) is 11.6. The fraction of sp³-hybridized carbons (Fsp3) is 0.562. The van der Waals surface area contributed by atoms with E-state index in [-0.39, 0.29) is 17.6 Å². The lowest BCUT2D eigenvalue weighted by Crippen LogP contribution is -2.17. The topological polar surface area (TPSA) is 93.0 Å². The average Bonchev–Trinajstić information content (AvgIpc) is 3.23. The van der Waals surface area contributed by atoms with Gasteiger partial charge in [0.15, 0.2) is 21.1 Å². The summed E-state index contributed by atoms with van der Waals surface area (Å²) >= 11 is 0. The minimum Gasteiger partial charge on any atom is -0.345 e. The van der Waals surface area contributed by atoms with Crippen molar-refractivity contribution in [2.24, 2.45) is 5.92 Å². The van der Waals surface area contributed by atoms with Gasteiger partial charge in [-0.15, -0.1) is 10.2 Å². The minimum absolute atomic E-state index is 0.224. The summed E-state index contributed by atoms with van der Waals surface area (Å²) < 4.78 is 26.2. The Bertz CT molecular complexity index is 975. The molecule has 0 bridgehead atoms. The Morgan fingerprint density at radius 2 is 2.21 bits per heavy atom. The highest BCUT2D eigenvalue weighted by atomic mass is 32.2. The third-order valence-electron chi connectivity index (χ3n) is 4.88. The first-order valence-corrected chi connectivity index (χ1v) is 10.3. The van der Waals surface area contributed by atoms with Crippen LogP contribution in [0.1, 0.15) is 44.3 Å². The van der Waals surface area contributed by atoms with Gasteiger partial charge in [0.2, 0.25) is 0 Å². The van der Waals surface area contributed by atoms with Crippen LogP contribution in [0.5, 0.6) is 0 Å². The summed E-state index contributed by atoms with van der Waals surface area (Å²) in [5.41, 5.74) is 2.51. The van der Waals surface area contributed by atoms with E-state index >= 15 is 0 Å². The van der Waals surface area contributed by atoms with Crippen LogP contribution in [0.4, 0.5) is 0 Å². The highest BCUT2D eigenvalue weighted by Gasteiger charge is 2.32. The Labute approximate surface area is 140 Å². The summed E-state index contributed by atoms with van der Waals surface area (Å²) in [7, 11) is -2.93. The molecule has 0 amide bonds. The van der Waals surface area contributed by atoms with Crippen molar-refractivity contribution in [3.05, 3.63) is 24.3 Å². The SMILES string of the molecule is CCCS(=O)(=O)C[C@H]1CC[C@@H](c2nnc3cnc4[nH]ccc4n23)C1. The molecule has 2 atom stereocenters. The van der Waals surface area contributed by atoms with Gasteiger partial charge in [-0.05, 0) is 37.7 Å². The van der Waals surface area contributed by atoms with Crippen LogP contribution in [-0.4, -0.2) is 44.5 Å². The lowest BCUT2D eigenvalue weighted by molar-refractivity contribution is 0.549. The Kier molecular flexibility index (Phi) is 3.79. The van der Waals surface area contributed by atoms with Gasteiger partial charge in [0.05, 0.1) is 17.5 Å². The first kappa shape index (κ1) is 15.6. The number of H-pyrrole nitrogens is 1. The predicted molar refractivity (Wildman–Crippen MR) is 91.7 cm³/mol. The lowest BCUT2D eigenvalue weighted by Gasteiger charge is -2.11. The molecule has 1 fully saturated rings. The van der Waals surface area contributed by atoms with Crippen LogP contribution >= 0.6 is 0 Å². The number of nitrogens with zero attached hydrogens (tertiary/aromatic N) is 4. The molecular formula is C16H21N5O2S. The van der Waals surface area contributed by atoms with Gasteiger partial charge in [0.25, 0.3) is 0 Å². The fourth-order valence-corrected chi connectivity index (χ4v) is 5.69. The van der Waals surface area contributed by atoms with Crippen molar-refractivity contribution >= 4 is 26.6 Å². The van der Waals surface area contributed by atoms with Crippen molar-refractivity contribution in [1.82, 2.24) is 24.6 Å². The number of nitrogens with one attached hydrogen (secondary N) is 1. The Morgan fingerprint density at radius 3 is 3.04 bits per heavy atom. The van der Waals surface area contributed by atoms with Crippen LogP contribution in [-0.2, 0) is 9.84 Å². The van der Waals surface area contributed by atoms with Crippen LogP contribution < -0.4 is 0 Å². The van der Waals surface area contributed by atoms with Gasteiger partial charge >= 0.3 is 0 Å². The molecule has 0 aromatic carbocycles. The molecule has 7 nitrogen and oxygen atoms in total. The van der Waals surface area contributed by atoms with Gasteiger partial charge in [0, 0.05) is 17.9 Å². The van der Waals surface area contributed by atoms with E-state index in [2.05, 4.69) is 20.2 Å². The summed E-state index contributed by atoms with van der Waals surface area (Å²) in [5.74, 6) is 1.99. The lowest BCUT2D eigenvalue weighted by atomic mass is 10.1. The molecule has 1 N–H and O–H groups in total. The fourth-order valence-electron chi connectivity index (χ4n) is 3.88. The second-order valence-electron chi connectivity index (χ2n) is 6.71. The zero-order chi connectivity index (χ0) is 16.7. The zero-order valence-corrected chi connectivity index (χ0v) is 14.5. The van der Waals surface area contributed by atoms with E-state index in [1.54, 1.807) is 6.20 Å². The number of rotatable bonds is 5. The summed E-state index contributed by atoms with van der Waals surface area (Å²) in [6.45, 7) is 1.91. The molecule has 0 unspecified atom stereocenters. The number of aromatic nitrogens is 5. The standard InChI is InChI=1S/C16H21N5O2S/c1-2-7-24(22,23)10-11-3-4-12(8-11)16-20-19-14-9-18-15-13(21(14)16)5-6-17-15/h5-6,9,11-12,17H,2-4,7-8,10H2,1H3/t11-,12+/m0/s1. The molecule has 3 aromatic heterocycles. The van der Waals surface area contributed by atoms with Crippen LogP contribution in [0.3, 0.4) is 0 Å². The average molecular weight is 347 g/mol. The second kappa shape index (κ2) is 5.84. The van der Waals surface area contributed by atoms with E-state index < -0.39 is 9.84 Å². The van der Waals surface area contributed by atoms with E-state index in [9.17, 15) is 8.42 Å². The molecular weight excluding hydrogens is 326 g/mol. The Morgan fingerprint density at radius 1 is 1.33 bits per heavy atom. The summed E-state index contributed by atoms with van der Waals surface area (Å²) in [5, 5.41) is 8.62. The van der Waals surface area contributed by atoms with Crippen molar-refractivity contribution < 1.29 is 8.42 Å². The van der Waals surface area contributed by atoms with Gasteiger partial charge in [-0.2, -0.15) is 0 Å². The van der Waals surface area contributed by atoms with Crippen molar-refractivity contribution in [1.29, 1.82) is 0 Å². The Hall–Kier alpha value is -1.96. The van der Waals surface area contributed by atoms with Crippen LogP contribution in [0.15, 0.2) is 18.5 Å². The van der Waals surface area contributed by atoms with Crippen molar-refractivity contribution in [3.8, 4) is 0 Å². The summed E-state index contributed by atoms with van der Waals surface area (Å²) in [6, 6.07) is 1.97. The predicted octanol–water partition coefficient (Wildman–Crippen LogP) is 2.31. The number of fused-ring (bicyclic) bond motifs is 3. The number of hydrogen-bond donors (Lipinski definition) is 1. The van der Waals surface area contributed by atoms with Crippen LogP contribution in [0.2, 0.25) is 0 Å². The van der Waals surface area contributed by atoms with Crippen molar-refractivity contribution in [2.45, 2.75) is 38.5 Å². The third-order valence-corrected chi connectivity index (χ3v) is 6.89. The molecule has 0 radical (unpaired) electrons. The number of aromatic amines is 1. The maximum atomic E-state index is 12.1. The molecule has 8 heteroatoms.